The molecule has 20 heteroatoms. The Balaban J connectivity index is 1.08. The predicted octanol–water partition coefficient (Wildman–Crippen LogP) is 6.13. The van der Waals surface area contributed by atoms with Gasteiger partial charge in [0.25, 0.3) is 0 Å². The Labute approximate surface area is 466 Å². The fraction of sp³-hybridized carbons (Fsp3) is 0.780. The number of fused-ring (bicyclic) bond motifs is 1. The van der Waals surface area contributed by atoms with Crippen LogP contribution < -0.4 is 10.7 Å². The number of Topliss-reactive ketones (excluding diaryl/α,β-unsaturated/α-hetero) is 1. The number of aromatic carboxylic acids is 1. The number of rotatable bonds is 18. The second-order valence-electron chi connectivity index (χ2n) is 24.4. The molecule has 3 N–H and O–H groups in total. The summed E-state index contributed by atoms with van der Waals surface area (Å²) in [6.45, 7) is 21.1. The summed E-state index contributed by atoms with van der Waals surface area (Å²) < 4.78 is 60.8. The number of likely N-dealkylation sites (N-methyl/N-ethyl adjacent to an activating group) is 1. The molecule has 1 aromatic carbocycles. The molecule has 2 aromatic rings. The number of hydrogen-bond acceptors (Lipinski definition) is 17. The average molecular weight is 1110 g/mol. The maximum absolute atomic E-state index is 14.8. The van der Waals surface area contributed by atoms with Gasteiger partial charge in [0.15, 0.2) is 18.2 Å². The van der Waals surface area contributed by atoms with E-state index in [0.29, 0.717) is 25.0 Å². The summed E-state index contributed by atoms with van der Waals surface area (Å²) in [5.74, 6) is -5.09. The van der Waals surface area contributed by atoms with E-state index in [9.17, 15) is 34.2 Å². The number of carbonyl (C=O) groups excluding carboxylic acids is 3. The number of nitrogens with zero attached hydrogens (tertiary/aromatic N) is 3. The molecule has 444 valence electrons. The zero-order valence-corrected chi connectivity index (χ0v) is 49.5. The van der Waals surface area contributed by atoms with Gasteiger partial charge >= 0.3 is 18.0 Å². The lowest BCUT2D eigenvalue weighted by Gasteiger charge is -2.50. The molecule has 0 spiro atoms. The number of amides is 1. The van der Waals surface area contributed by atoms with Crippen LogP contribution in [-0.2, 0) is 71.6 Å². The van der Waals surface area contributed by atoms with Gasteiger partial charge in [-0.1, -0.05) is 33.8 Å². The molecule has 4 saturated heterocycles. The maximum Gasteiger partial charge on any atom is 0.408 e. The predicted molar refractivity (Wildman–Crippen MR) is 294 cm³/mol. The number of cyclic esters (lactones) is 1. The van der Waals surface area contributed by atoms with E-state index in [1.807, 2.05) is 78.1 Å². The first-order valence-corrected chi connectivity index (χ1v) is 28.7. The van der Waals surface area contributed by atoms with Crippen molar-refractivity contribution < 1.29 is 72.0 Å². The van der Waals surface area contributed by atoms with Gasteiger partial charge in [0.1, 0.15) is 29.7 Å². The highest BCUT2D eigenvalue weighted by Crippen LogP contribution is 2.43. The van der Waals surface area contributed by atoms with Gasteiger partial charge < -0.3 is 72.5 Å². The maximum atomic E-state index is 14.8. The van der Waals surface area contributed by atoms with Crippen LogP contribution in [0, 0.1) is 23.7 Å². The summed E-state index contributed by atoms with van der Waals surface area (Å²) in [5, 5.41) is 24.9. The van der Waals surface area contributed by atoms with E-state index in [-0.39, 0.29) is 42.8 Å². The van der Waals surface area contributed by atoms with Gasteiger partial charge in [-0.2, -0.15) is 0 Å². The number of methoxy groups -OCH3 is 2. The number of aliphatic hydroxyl groups excluding tert-OH is 1. The number of carboxylic acid groups (broad SMARTS) is 1. The number of aromatic nitrogens is 1. The number of aryl methyl sites for hydroxylation is 3. The summed E-state index contributed by atoms with van der Waals surface area (Å²) in [4.78, 5) is 71.8. The Morgan fingerprint density at radius 3 is 2.24 bits per heavy atom. The molecule has 20 nitrogen and oxygen atoms in total. The van der Waals surface area contributed by atoms with Gasteiger partial charge in [-0.15, -0.1) is 0 Å². The van der Waals surface area contributed by atoms with Crippen LogP contribution in [0.4, 0.5) is 4.79 Å². The van der Waals surface area contributed by atoms with Crippen LogP contribution in [0.5, 0.6) is 0 Å². The van der Waals surface area contributed by atoms with Crippen LogP contribution in [0.25, 0.3) is 10.9 Å². The minimum absolute atomic E-state index is 0.153. The van der Waals surface area contributed by atoms with Gasteiger partial charge in [0.05, 0.1) is 53.1 Å². The fourth-order valence-electron chi connectivity index (χ4n) is 13.6. The number of aliphatic hydroxyl groups is 1. The molecule has 4 fully saturated rings. The third-order valence-electron chi connectivity index (χ3n) is 18.2. The van der Waals surface area contributed by atoms with E-state index in [2.05, 4.69) is 23.3 Å². The first kappa shape index (κ1) is 62.5. The number of esters is 1. The zero-order valence-electron chi connectivity index (χ0n) is 49.5. The van der Waals surface area contributed by atoms with Crippen molar-refractivity contribution in [2.24, 2.45) is 23.7 Å². The summed E-state index contributed by atoms with van der Waals surface area (Å²) in [7, 11) is 9.04. The second kappa shape index (κ2) is 25.6. The topological polar surface area (TPSA) is 232 Å². The molecule has 7 rings (SSSR count). The van der Waals surface area contributed by atoms with E-state index < -0.39 is 119 Å². The number of benzene rings is 1. The molecular formula is C59H92N4O16. The van der Waals surface area contributed by atoms with Crippen molar-refractivity contribution in [1.82, 2.24) is 19.7 Å². The molecule has 0 radical (unpaired) electrons. The number of ether oxygens (including phenoxy) is 9. The Morgan fingerprint density at radius 1 is 0.899 bits per heavy atom. The number of alkyl carbamates (subject to hydrolysis) is 1. The molecule has 79 heavy (non-hydrogen) atoms. The zero-order chi connectivity index (χ0) is 58.1. The van der Waals surface area contributed by atoms with Crippen molar-refractivity contribution in [3.8, 4) is 0 Å². The summed E-state index contributed by atoms with van der Waals surface area (Å²) >= 11 is 0. The lowest BCUT2D eigenvalue weighted by atomic mass is 9.73. The van der Waals surface area contributed by atoms with Crippen LogP contribution >= 0.6 is 0 Å². The Hall–Kier alpha value is -4.09. The molecule has 0 bridgehead atoms. The number of carbonyl (C=O) groups is 4. The van der Waals surface area contributed by atoms with Crippen molar-refractivity contribution in [2.45, 2.75) is 218 Å². The molecule has 0 saturated carbocycles. The first-order valence-electron chi connectivity index (χ1n) is 28.7. The SMILES string of the molecule is CC[C@H]1OC(=O)[C@H](C)[C@@H](O[C@H]2C[C@@](C)(OC)[C@@H](OCCCN(C)CCCc3cc4c5c(c3)c(=O)c(C(=O)O)cn5CCC4)[C@H](C)O2)[C@H](C)[C@@H](O[C@@H]2O[C@H](C)C[C@H](N(C)C)[C@H]2O)[C@](C)(OC)C[C@@H](C)C(=O)[C@H](C)[C@H]2NC(=O)O[C@@]21C. The average Bonchev–Trinajstić information content (AvgIpc) is 3.83. The molecule has 1 amide bonds. The van der Waals surface area contributed by atoms with E-state index in [0.717, 1.165) is 61.8 Å². The van der Waals surface area contributed by atoms with Crippen molar-refractivity contribution in [3.63, 3.8) is 0 Å². The number of carboxylic acids is 1. The normalized spacial score (nSPS) is 37.6. The molecule has 18 atom stereocenters. The Bertz CT molecular complexity index is 2540. The van der Waals surface area contributed by atoms with E-state index in [1.165, 1.54) is 6.20 Å². The minimum atomic E-state index is -1.39. The van der Waals surface area contributed by atoms with Gasteiger partial charge in [0, 0.05) is 75.7 Å². The lowest BCUT2D eigenvalue weighted by Crippen LogP contribution is -2.61. The molecule has 0 aliphatic carbocycles. The molecule has 1 aromatic heterocycles. The highest BCUT2D eigenvalue weighted by molar-refractivity contribution is 5.94. The third-order valence-corrected chi connectivity index (χ3v) is 18.2. The quantitative estimate of drug-likeness (QED) is 0.112. The molecule has 5 aliphatic heterocycles. The summed E-state index contributed by atoms with van der Waals surface area (Å²) in [6.07, 6.45) is -1.33. The van der Waals surface area contributed by atoms with E-state index in [4.69, 9.17) is 42.6 Å². The summed E-state index contributed by atoms with van der Waals surface area (Å²) in [5.41, 5.74) is -1.23. The standard InChI is InChI=1S/C59H92N4O16/c1-16-43-59(10)50(60-56(70)79-59)34(4)46(64)32(2)29-57(8,71-14)51(78-55-48(66)42(61(11)12)26-33(3)74-55)35(5)49(36(6)54(69)76-43)77-44-30-58(9,72-15)52(37(7)75-44)73-25-19-23-62(13)22-17-20-38-27-39-21-18-24-63-31-41(53(67)68)47(65)40(28-38)45(39)63/h27-28,31-37,42-44,48-52,55,66H,16-26,29-30H2,1-15H3,(H,60,70)(H,67,68)/t32-,33-,34+,35+,36-,37+,42+,43-,44+,48-,49+,50-,51-,52+,55+,57-,58-,59-/m1/s1. The van der Waals surface area contributed by atoms with Gasteiger partial charge in [0.2, 0.25) is 5.43 Å². The van der Waals surface area contributed by atoms with Gasteiger partial charge in [-0.3, -0.25) is 14.4 Å². The van der Waals surface area contributed by atoms with Crippen molar-refractivity contribution in [3.05, 3.63) is 45.2 Å². The molecule has 5 aliphatic rings. The van der Waals surface area contributed by atoms with Crippen molar-refractivity contribution >= 4 is 34.7 Å². The van der Waals surface area contributed by atoms with Gasteiger partial charge in [-0.25, -0.2) is 9.59 Å². The third kappa shape index (κ3) is 13.2. The minimum Gasteiger partial charge on any atom is -0.477 e. The smallest absolute Gasteiger partial charge is 0.408 e. The van der Waals surface area contributed by atoms with Crippen LogP contribution in [0.15, 0.2) is 23.1 Å². The fourth-order valence-corrected chi connectivity index (χ4v) is 13.6. The van der Waals surface area contributed by atoms with Crippen LogP contribution in [-0.4, -0.2) is 188 Å². The van der Waals surface area contributed by atoms with Crippen LogP contribution in [0.2, 0.25) is 0 Å². The lowest BCUT2D eigenvalue weighted by molar-refractivity contribution is -0.322. The number of hydrogen-bond donors (Lipinski definition) is 3. The van der Waals surface area contributed by atoms with Crippen molar-refractivity contribution in [1.29, 1.82) is 0 Å². The Morgan fingerprint density at radius 2 is 1.58 bits per heavy atom. The van der Waals surface area contributed by atoms with E-state index >= 15 is 0 Å². The second-order valence-corrected chi connectivity index (χ2v) is 24.4. The number of ketones is 1. The van der Waals surface area contributed by atoms with Crippen LogP contribution in [0.1, 0.15) is 136 Å². The number of pyridine rings is 1. The summed E-state index contributed by atoms with van der Waals surface area (Å²) in [6, 6.07) is 2.91. The Kier molecular flexibility index (Phi) is 20.2. The van der Waals surface area contributed by atoms with Crippen molar-refractivity contribution in [2.75, 3.05) is 55.1 Å². The molecular weight excluding hydrogens is 1020 g/mol. The molecule has 0 unspecified atom stereocenters. The first-order chi connectivity index (χ1) is 37.2. The largest absolute Gasteiger partial charge is 0.477 e. The molecule has 6 heterocycles. The highest BCUT2D eigenvalue weighted by Gasteiger charge is 2.58. The van der Waals surface area contributed by atoms with E-state index in [1.54, 1.807) is 35.0 Å². The highest BCUT2D eigenvalue weighted by atomic mass is 16.7. The number of nitrogens with one attached hydrogen (secondary N) is 1. The van der Waals surface area contributed by atoms with Gasteiger partial charge in [-0.05, 0) is 138 Å². The monoisotopic (exact) mass is 1110 g/mol. The van der Waals surface area contributed by atoms with Crippen LogP contribution in [0.3, 0.4) is 0 Å².